The second kappa shape index (κ2) is 7.53. The Labute approximate surface area is 196 Å². The van der Waals surface area contributed by atoms with Crippen molar-refractivity contribution in [2.24, 2.45) is 5.92 Å². The van der Waals surface area contributed by atoms with E-state index in [1.54, 1.807) is 0 Å². The predicted molar refractivity (Wildman–Crippen MR) is 119 cm³/mol. The van der Waals surface area contributed by atoms with Gasteiger partial charge in [-0.25, -0.2) is 18.2 Å². The summed E-state index contributed by atoms with van der Waals surface area (Å²) in [6.45, 7) is -0.253. The lowest BCUT2D eigenvalue weighted by Gasteiger charge is -2.61. The monoisotopic (exact) mass is 486 g/mol. The Balaban J connectivity index is 1.56. The number of β-amino-alcohol motifs (C(OH)–C–C–N with tert-alkyl or cyclic N) is 2. The molecule has 3 aliphatic carbocycles. The molecule has 8 nitrogen and oxygen atoms in total. The smallest absolute Gasteiger partial charge is 0.257 e. The van der Waals surface area contributed by atoms with E-state index in [2.05, 4.69) is 10.3 Å². The van der Waals surface area contributed by atoms with Crippen LogP contribution in [-0.2, 0) is 0 Å². The van der Waals surface area contributed by atoms with E-state index < -0.39 is 46.7 Å². The van der Waals surface area contributed by atoms with E-state index in [1.807, 2.05) is 0 Å². The molecule has 35 heavy (non-hydrogen) atoms. The van der Waals surface area contributed by atoms with E-state index in [1.165, 1.54) is 11.0 Å². The Morgan fingerprint density at radius 2 is 1.69 bits per heavy atom. The van der Waals surface area contributed by atoms with Crippen LogP contribution < -0.4 is 15.6 Å². The number of aliphatic hydroxyl groups excluding tert-OH is 2. The molecule has 4 fully saturated rings. The number of amides is 1. The van der Waals surface area contributed by atoms with Gasteiger partial charge in [-0.15, -0.1) is 0 Å². The van der Waals surface area contributed by atoms with Crippen molar-refractivity contribution in [2.75, 3.05) is 18.0 Å². The fourth-order valence-corrected chi connectivity index (χ4v) is 5.37. The van der Waals surface area contributed by atoms with Crippen LogP contribution in [0.4, 0.5) is 19.0 Å². The van der Waals surface area contributed by atoms with Gasteiger partial charge in [0, 0.05) is 24.8 Å². The van der Waals surface area contributed by atoms with Crippen LogP contribution in [0, 0.1) is 23.4 Å². The van der Waals surface area contributed by atoms with Crippen molar-refractivity contribution >= 4 is 22.8 Å². The van der Waals surface area contributed by atoms with Gasteiger partial charge in [0.1, 0.15) is 22.9 Å². The molecule has 3 N–H and O–H groups in total. The maximum atomic E-state index is 15.1. The number of aliphatic hydroxyl groups is 2. The maximum absolute atomic E-state index is 15.1. The molecule has 1 saturated heterocycles. The average molecular weight is 486 g/mol. The number of rotatable bonds is 4. The number of pyridine rings is 2. The highest BCUT2D eigenvalue weighted by atomic mass is 19.1. The number of nitrogens with zero attached hydrogens (tertiary/aromatic N) is 3. The molecule has 11 heteroatoms. The van der Waals surface area contributed by atoms with Gasteiger partial charge in [-0.2, -0.15) is 0 Å². The summed E-state index contributed by atoms with van der Waals surface area (Å²) in [5.74, 6) is -3.32. The summed E-state index contributed by atoms with van der Waals surface area (Å²) < 4.78 is 45.7. The van der Waals surface area contributed by atoms with Gasteiger partial charge in [0.15, 0.2) is 17.3 Å². The minimum atomic E-state index is -1.14. The second-order valence-electron chi connectivity index (χ2n) is 9.73. The van der Waals surface area contributed by atoms with Gasteiger partial charge in [0.05, 0.1) is 17.6 Å². The summed E-state index contributed by atoms with van der Waals surface area (Å²) in [6, 6.07) is 4.06. The van der Waals surface area contributed by atoms with E-state index in [9.17, 15) is 28.6 Å². The number of para-hydroxylation sites is 1. The van der Waals surface area contributed by atoms with Crippen molar-refractivity contribution in [1.82, 2.24) is 14.9 Å². The third-order valence-electron chi connectivity index (χ3n) is 7.31. The zero-order valence-corrected chi connectivity index (χ0v) is 18.3. The van der Waals surface area contributed by atoms with Gasteiger partial charge < -0.3 is 20.4 Å². The molecule has 0 spiro atoms. The molecule has 3 aromatic rings. The van der Waals surface area contributed by atoms with Crippen LogP contribution in [0.25, 0.3) is 16.7 Å². The molecule has 1 aliphatic heterocycles. The van der Waals surface area contributed by atoms with Crippen LogP contribution in [0.3, 0.4) is 0 Å². The first-order valence-corrected chi connectivity index (χ1v) is 11.3. The molecule has 1 aromatic carbocycles. The maximum Gasteiger partial charge on any atom is 0.257 e. The normalized spacial score (nSPS) is 27.0. The molecule has 182 valence electrons. The Kier molecular flexibility index (Phi) is 4.74. The Bertz CT molecular complexity index is 1410. The number of hydrogen-bond donors (Lipinski definition) is 3. The summed E-state index contributed by atoms with van der Waals surface area (Å²) in [7, 11) is 0. The van der Waals surface area contributed by atoms with E-state index >= 15 is 4.39 Å². The quantitative estimate of drug-likeness (QED) is 0.518. The number of fused-ring (bicyclic) bond motifs is 1. The topological polar surface area (TPSA) is 108 Å². The molecule has 2 aromatic heterocycles. The van der Waals surface area contributed by atoms with Crippen molar-refractivity contribution in [3.63, 3.8) is 0 Å². The van der Waals surface area contributed by atoms with Crippen LogP contribution in [0.1, 0.15) is 29.6 Å². The lowest BCUT2D eigenvalue weighted by molar-refractivity contribution is -0.0438. The highest BCUT2D eigenvalue weighted by molar-refractivity contribution is 5.98. The molecule has 7 rings (SSSR count). The molecule has 3 saturated carbocycles. The Hall–Kier alpha value is -3.44. The van der Waals surface area contributed by atoms with Gasteiger partial charge in [0.2, 0.25) is 5.43 Å². The first kappa shape index (κ1) is 22.1. The predicted octanol–water partition coefficient (Wildman–Crippen LogP) is 1.63. The van der Waals surface area contributed by atoms with Crippen molar-refractivity contribution in [3.8, 4) is 5.69 Å². The number of nitrogens with one attached hydrogen (secondary N) is 1. The fraction of sp³-hybridized carbons (Fsp3) is 0.375. The molecule has 0 unspecified atom stereocenters. The lowest BCUT2D eigenvalue weighted by atomic mass is 9.50. The Morgan fingerprint density at radius 1 is 1.06 bits per heavy atom. The summed E-state index contributed by atoms with van der Waals surface area (Å²) in [6.07, 6.45) is 1.19. The number of carbonyl (C=O) groups excluding carboxylic acids is 1. The number of anilines is 1. The van der Waals surface area contributed by atoms with Gasteiger partial charge >= 0.3 is 0 Å². The molecule has 3 heterocycles. The average Bonchev–Trinajstić information content (AvgIpc) is 3.09. The third-order valence-corrected chi connectivity index (χ3v) is 7.31. The number of halogens is 3. The van der Waals surface area contributed by atoms with Crippen LogP contribution in [-0.4, -0.2) is 56.5 Å². The van der Waals surface area contributed by atoms with Gasteiger partial charge in [-0.1, -0.05) is 6.07 Å². The number of aromatic nitrogens is 2. The summed E-state index contributed by atoms with van der Waals surface area (Å²) in [5.41, 5.74) is -2.42. The van der Waals surface area contributed by atoms with E-state index in [0.29, 0.717) is 5.92 Å². The minimum Gasteiger partial charge on any atom is -0.389 e. The van der Waals surface area contributed by atoms with Crippen molar-refractivity contribution in [1.29, 1.82) is 0 Å². The molecule has 1 amide bonds. The SMILES string of the molecule is O=C(NC12CC(C1)C2)c1cn(-c2c(F)cccc2F)c2nc(N3C[C@@H](O)[C@H](O)C3)c(F)cc2c1=O. The van der Waals surface area contributed by atoms with E-state index in [0.717, 1.165) is 48.2 Å². The molecule has 0 radical (unpaired) electrons. The fourth-order valence-electron chi connectivity index (χ4n) is 5.37. The van der Waals surface area contributed by atoms with E-state index in [4.69, 9.17) is 0 Å². The highest BCUT2D eigenvalue weighted by Gasteiger charge is 2.57. The first-order valence-electron chi connectivity index (χ1n) is 11.3. The largest absolute Gasteiger partial charge is 0.389 e. The summed E-state index contributed by atoms with van der Waals surface area (Å²) in [5, 5.41) is 22.2. The van der Waals surface area contributed by atoms with Crippen LogP contribution >= 0.6 is 0 Å². The van der Waals surface area contributed by atoms with Gasteiger partial charge in [-0.05, 0) is 43.4 Å². The van der Waals surface area contributed by atoms with Crippen LogP contribution in [0.15, 0.2) is 35.3 Å². The van der Waals surface area contributed by atoms with Crippen molar-refractivity contribution in [2.45, 2.75) is 37.0 Å². The molecule has 2 bridgehead atoms. The molecular weight excluding hydrogens is 465 g/mol. The molecule has 2 atom stereocenters. The summed E-state index contributed by atoms with van der Waals surface area (Å²) in [4.78, 5) is 31.8. The number of hydrogen-bond acceptors (Lipinski definition) is 6. The lowest BCUT2D eigenvalue weighted by Crippen LogP contribution is -2.68. The van der Waals surface area contributed by atoms with Gasteiger partial charge in [0.25, 0.3) is 5.91 Å². The zero-order valence-electron chi connectivity index (χ0n) is 18.3. The highest BCUT2D eigenvalue weighted by Crippen LogP contribution is 2.57. The second-order valence-corrected chi connectivity index (χ2v) is 9.73. The zero-order chi connectivity index (χ0) is 24.6. The van der Waals surface area contributed by atoms with Crippen molar-refractivity contribution < 1.29 is 28.2 Å². The number of carbonyl (C=O) groups is 1. The minimum absolute atomic E-state index is 0.127. The molecule has 4 aliphatic rings. The van der Waals surface area contributed by atoms with Gasteiger partial charge in [-0.3, -0.25) is 14.2 Å². The standard InChI is InChI=1S/C24H21F3N4O4/c25-14-2-1-3-15(26)19(14)31-8-13(23(35)29-24-5-11(6-24)7-24)20(34)12-4-16(27)22(28-21(12)31)30-9-17(32)18(33)10-30/h1-4,8,11,17-18,32-33H,5-7,9-10H2,(H,29,35)/t11?,17-,18-,24?/m1/s1. The first-order chi connectivity index (χ1) is 16.7. The van der Waals surface area contributed by atoms with Crippen LogP contribution in [0.5, 0.6) is 0 Å². The third kappa shape index (κ3) is 3.33. The number of benzene rings is 1. The molecular formula is C24H21F3N4O4. The van der Waals surface area contributed by atoms with Crippen molar-refractivity contribution in [3.05, 3.63) is 63.7 Å². The van der Waals surface area contributed by atoms with Crippen LogP contribution in [0.2, 0.25) is 0 Å². The summed E-state index contributed by atoms with van der Waals surface area (Å²) >= 11 is 0. The van der Waals surface area contributed by atoms with E-state index in [-0.39, 0.29) is 41.0 Å². The Morgan fingerprint density at radius 3 is 2.26 bits per heavy atom.